The molecule has 1 fully saturated rings. The number of amides is 1. The quantitative estimate of drug-likeness (QED) is 0.473. The number of aryl methyl sites for hydroxylation is 1. The molecule has 174 valence electrons. The topological polar surface area (TPSA) is 45.2 Å². The molecule has 0 unspecified atom stereocenters. The molecule has 0 bridgehead atoms. The Bertz CT molecular complexity index is 1170. The van der Waals surface area contributed by atoms with Crippen molar-refractivity contribution in [3.8, 4) is 0 Å². The molecule has 1 aliphatic carbocycles. The molecule has 0 atom stereocenters. The molecule has 1 aromatic heterocycles. The average Bonchev–Trinajstić information content (AvgIpc) is 2.77. The van der Waals surface area contributed by atoms with E-state index < -0.39 is 29.8 Å². The highest BCUT2D eigenvalue weighted by molar-refractivity contribution is 5.97. The van der Waals surface area contributed by atoms with Gasteiger partial charge < -0.3 is 10.2 Å². The van der Waals surface area contributed by atoms with Crippen LogP contribution in [0.2, 0.25) is 0 Å². The van der Waals surface area contributed by atoms with E-state index in [1.54, 1.807) is 0 Å². The highest BCUT2D eigenvalue weighted by Gasteiger charge is 2.46. The predicted molar refractivity (Wildman–Crippen MR) is 116 cm³/mol. The lowest BCUT2D eigenvalue weighted by Crippen LogP contribution is -2.49. The van der Waals surface area contributed by atoms with E-state index >= 15 is 0 Å². The minimum absolute atomic E-state index is 0.0397. The van der Waals surface area contributed by atoms with Crippen molar-refractivity contribution in [1.29, 1.82) is 0 Å². The van der Waals surface area contributed by atoms with Crippen LogP contribution in [0.25, 0.3) is 10.9 Å². The number of nitrogens with one attached hydrogen (secondary N) is 1. The van der Waals surface area contributed by atoms with Gasteiger partial charge in [0.1, 0.15) is 5.82 Å². The van der Waals surface area contributed by atoms with Crippen molar-refractivity contribution in [2.45, 2.75) is 50.9 Å². The first kappa shape index (κ1) is 22.9. The molecule has 3 aromatic rings. The zero-order chi connectivity index (χ0) is 23.8. The second kappa shape index (κ2) is 8.96. The Morgan fingerprint density at radius 1 is 1.00 bits per heavy atom. The Kier molecular flexibility index (Phi) is 6.23. The molecule has 33 heavy (non-hydrogen) atoms. The van der Waals surface area contributed by atoms with E-state index in [4.69, 9.17) is 0 Å². The van der Waals surface area contributed by atoms with Crippen LogP contribution < -0.4 is 10.2 Å². The number of pyridine rings is 1. The van der Waals surface area contributed by atoms with Crippen LogP contribution in [0.4, 0.5) is 33.5 Å². The summed E-state index contributed by atoms with van der Waals surface area (Å²) in [5.74, 6) is -3.90. The fraction of sp³-hybridized carbons (Fsp3) is 0.333. The Hall–Kier alpha value is -3.23. The molecule has 1 N–H and O–H groups in total. The van der Waals surface area contributed by atoms with Crippen LogP contribution >= 0.6 is 0 Å². The fourth-order valence-electron chi connectivity index (χ4n) is 4.38. The first-order chi connectivity index (χ1) is 15.6. The third kappa shape index (κ3) is 4.91. The van der Waals surface area contributed by atoms with Crippen molar-refractivity contribution in [3.05, 3.63) is 65.7 Å². The molecule has 0 aliphatic heterocycles. The number of carbonyl (C=O) groups excluding carboxylic acids is 1. The number of hydrogen-bond donors (Lipinski definition) is 1. The Labute approximate surface area is 187 Å². The zero-order valence-corrected chi connectivity index (χ0v) is 17.8. The number of carbonyl (C=O) groups is 1. The van der Waals surface area contributed by atoms with Gasteiger partial charge in [0.05, 0.1) is 5.52 Å². The van der Waals surface area contributed by atoms with Gasteiger partial charge in [-0.2, -0.15) is 13.2 Å². The largest absolute Gasteiger partial charge is 0.471 e. The lowest BCUT2D eigenvalue weighted by molar-refractivity contribution is -0.171. The molecule has 0 spiro atoms. The number of para-hydroxylation sites is 1. The Morgan fingerprint density at radius 3 is 2.36 bits per heavy atom. The maximum atomic E-state index is 13.7. The van der Waals surface area contributed by atoms with Gasteiger partial charge in [-0.15, -0.1) is 0 Å². The van der Waals surface area contributed by atoms with E-state index in [0.717, 1.165) is 28.6 Å². The predicted octanol–water partition coefficient (Wildman–Crippen LogP) is 6.14. The van der Waals surface area contributed by atoms with Gasteiger partial charge in [0.15, 0.2) is 11.6 Å². The molecule has 4 nitrogen and oxygen atoms in total. The molecule has 1 amide bonds. The Balaban J connectivity index is 1.50. The number of aromatic nitrogens is 1. The smallest absolute Gasteiger partial charge is 0.367 e. The first-order valence-corrected chi connectivity index (χ1v) is 10.6. The second-order valence-corrected chi connectivity index (χ2v) is 8.26. The minimum Gasteiger partial charge on any atom is -0.367 e. The third-order valence-corrected chi connectivity index (χ3v) is 5.98. The van der Waals surface area contributed by atoms with Crippen LogP contribution in [0, 0.1) is 18.6 Å². The summed E-state index contributed by atoms with van der Waals surface area (Å²) in [4.78, 5) is 17.3. The molecule has 0 radical (unpaired) electrons. The van der Waals surface area contributed by atoms with Crippen LogP contribution in [0.5, 0.6) is 0 Å². The Morgan fingerprint density at radius 2 is 1.70 bits per heavy atom. The molecule has 0 saturated heterocycles. The number of benzene rings is 2. The lowest BCUT2D eigenvalue weighted by atomic mass is 9.89. The number of fused-ring (bicyclic) bond motifs is 1. The summed E-state index contributed by atoms with van der Waals surface area (Å²) in [7, 11) is 0. The number of alkyl halides is 3. The van der Waals surface area contributed by atoms with Crippen LogP contribution in [0.1, 0.15) is 31.2 Å². The number of anilines is 2. The van der Waals surface area contributed by atoms with Crippen LogP contribution in [0.15, 0.2) is 48.5 Å². The summed E-state index contributed by atoms with van der Waals surface area (Å²) >= 11 is 0. The number of rotatable bonds is 4. The van der Waals surface area contributed by atoms with Gasteiger partial charge in [0.2, 0.25) is 0 Å². The number of halogens is 5. The fourth-order valence-corrected chi connectivity index (χ4v) is 4.38. The van der Waals surface area contributed by atoms with Crippen molar-refractivity contribution in [2.24, 2.45) is 0 Å². The van der Waals surface area contributed by atoms with Crippen molar-refractivity contribution in [1.82, 2.24) is 4.98 Å². The van der Waals surface area contributed by atoms with Crippen molar-refractivity contribution in [3.63, 3.8) is 0 Å². The maximum Gasteiger partial charge on any atom is 0.471 e. The van der Waals surface area contributed by atoms with Gasteiger partial charge in [0, 0.05) is 29.2 Å². The van der Waals surface area contributed by atoms with E-state index in [1.165, 1.54) is 0 Å². The molecule has 1 aliphatic rings. The van der Waals surface area contributed by atoms with Gasteiger partial charge >= 0.3 is 12.1 Å². The summed E-state index contributed by atoms with van der Waals surface area (Å²) in [6, 6.07) is 11.2. The minimum atomic E-state index is -5.13. The van der Waals surface area contributed by atoms with Gasteiger partial charge in [-0.25, -0.2) is 13.8 Å². The molecule has 4 rings (SSSR count). The van der Waals surface area contributed by atoms with Crippen LogP contribution in [-0.4, -0.2) is 29.2 Å². The van der Waals surface area contributed by atoms with E-state index in [9.17, 15) is 26.7 Å². The molecular formula is C24H22F5N3O. The van der Waals surface area contributed by atoms with Gasteiger partial charge in [-0.3, -0.25) is 4.79 Å². The molecular weight excluding hydrogens is 441 g/mol. The van der Waals surface area contributed by atoms with E-state index in [0.29, 0.717) is 29.6 Å². The molecule has 1 heterocycles. The van der Waals surface area contributed by atoms with Gasteiger partial charge in [-0.05, 0) is 62.4 Å². The molecule has 1 saturated carbocycles. The monoisotopic (exact) mass is 463 g/mol. The average molecular weight is 463 g/mol. The standard InChI is InChI=1S/C24H22F5N3O/c1-14-12-22(31-21-5-3-2-4-18(14)21)30-15-6-8-16(9-7-15)32(23(33)24(27,28)29)17-10-11-19(25)20(26)13-17/h2-5,10-13,15-16H,6-9H2,1H3,(H,30,31). The molecule has 9 heteroatoms. The highest BCUT2D eigenvalue weighted by atomic mass is 19.4. The van der Waals surface area contributed by atoms with Crippen molar-refractivity contribution in [2.75, 3.05) is 10.2 Å². The zero-order valence-electron chi connectivity index (χ0n) is 17.8. The van der Waals surface area contributed by atoms with Crippen molar-refractivity contribution >= 4 is 28.3 Å². The highest BCUT2D eigenvalue weighted by Crippen LogP contribution is 2.33. The van der Waals surface area contributed by atoms with Gasteiger partial charge in [0.25, 0.3) is 0 Å². The maximum absolute atomic E-state index is 13.7. The first-order valence-electron chi connectivity index (χ1n) is 10.6. The number of nitrogens with zero attached hydrogens (tertiary/aromatic N) is 2. The van der Waals surface area contributed by atoms with Crippen LogP contribution in [0.3, 0.4) is 0 Å². The SMILES string of the molecule is Cc1cc(NC2CCC(N(C(=O)C(F)(F)F)c3ccc(F)c(F)c3)CC2)nc2ccccc12. The third-order valence-electron chi connectivity index (χ3n) is 5.98. The lowest BCUT2D eigenvalue weighted by Gasteiger charge is -2.37. The molecule has 2 aromatic carbocycles. The summed E-state index contributed by atoms with van der Waals surface area (Å²) in [5.41, 5.74) is 1.59. The summed E-state index contributed by atoms with van der Waals surface area (Å²) in [6.45, 7) is 1.98. The summed E-state index contributed by atoms with van der Waals surface area (Å²) in [6.07, 6.45) is -3.62. The van der Waals surface area contributed by atoms with E-state index in [1.807, 2.05) is 37.3 Å². The van der Waals surface area contributed by atoms with E-state index in [-0.39, 0.29) is 24.6 Å². The van der Waals surface area contributed by atoms with Gasteiger partial charge in [-0.1, -0.05) is 18.2 Å². The normalized spacial score (nSPS) is 18.8. The second-order valence-electron chi connectivity index (χ2n) is 8.26. The summed E-state index contributed by atoms with van der Waals surface area (Å²) in [5, 5.41) is 4.38. The van der Waals surface area contributed by atoms with Crippen molar-refractivity contribution < 1.29 is 26.7 Å². The summed E-state index contributed by atoms with van der Waals surface area (Å²) < 4.78 is 66.8. The number of hydrogen-bond acceptors (Lipinski definition) is 3. The van der Waals surface area contributed by atoms with Crippen LogP contribution in [-0.2, 0) is 4.79 Å². The van der Waals surface area contributed by atoms with E-state index in [2.05, 4.69) is 10.3 Å².